The van der Waals surface area contributed by atoms with Gasteiger partial charge in [-0.25, -0.2) is 0 Å². The maximum absolute atomic E-state index is 6.20. The highest BCUT2D eigenvalue weighted by atomic mass is 35.5. The summed E-state index contributed by atoms with van der Waals surface area (Å²) in [6, 6.07) is 7.86. The second-order valence-electron chi connectivity index (χ2n) is 4.83. The predicted octanol–water partition coefficient (Wildman–Crippen LogP) is 2.72. The highest BCUT2D eigenvalue weighted by Crippen LogP contribution is 2.33. The van der Waals surface area contributed by atoms with Crippen LogP contribution in [0.2, 0.25) is 5.02 Å². The standard InChI is InChI=1S/C14H16ClN3/c15-12-4-2-1-3-11(12)9-13-14(17-16)10-5-7-18(13)8-6-10/h1-4,9-10H,5-8,16H2/b13-9+,17-14-. The fourth-order valence-corrected chi connectivity index (χ4v) is 3.03. The molecule has 0 aromatic heterocycles. The van der Waals surface area contributed by atoms with Crippen molar-refractivity contribution in [1.82, 2.24) is 4.90 Å². The number of rotatable bonds is 1. The molecule has 2 bridgehead atoms. The molecule has 3 fully saturated rings. The highest BCUT2D eigenvalue weighted by molar-refractivity contribution is 6.32. The summed E-state index contributed by atoms with van der Waals surface area (Å²) in [5.74, 6) is 6.08. The quantitative estimate of drug-likeness (QED) is 0.624. The van der Waals surface area contributed by atoms with Crippen molar-refractivity contribution in [2.45, 2.75) is 12.8 Å². The molecule has 0 spiro atoms. The minimum Gasteiger partial charge on any atom is -0.370 e. The van der Waals surface area contributed by atoms with Crippen LogP contribution in [0.25, 0.3) is 6.08 Å². The Labute approximate surface area is 112 Å². The third-order valence-corrected chi connectivity index (χ3v) is 4.17. The fraction of sp³-hybridized carbons (Fsp3) is 0.357. The Hall–Kier alpha value is -1.48. The molecule has 4 rings (SSSR count). The van der Waals surface area contributed by atoms with Crippen molar-refractivity contribution in [2.24, 2.45) is 16.9 Å². The molecule has 94 valence electrons. The third-order valence-electron chi connectivity index (χ3n) is 3.82. The van der Waals surface area contributed by atoms with Crippen LogP contribution < -0.4 is 5.84 Å². The van der Waals surface area contributed by atoms with Crippen molar-refractivity contribution >= 4 is 23.4 Å². The Morgan fingerprint density at radius 1 is 1.28 bits per heavy atom. The van der Waals surface area contributed by atoms with Crippen LogP contribution in [0, 0.1) is 5.92 Å². The Kier molecular flexibility index (Phi) is 3.00. The van der Waals surface area contributed by atoms with E-state index in [9.17, 15) is 0 Å². The molecule has 18 heavy (non-hydrogen) atoms. The average molecular weight is 262 g/mol. The largest absolute Gasteiger partial charge is 0.370 e. The number of hydrogen-bond donors (Lipinski definition) is 1. The lowest BCUT2D eigenvalue weighted by molar-refractivity contribution is 0.242. The van der Waals surface area contributed by atoms with E-state index in [2.05, 4.69) is 16.1 Å². The van der Waals surface area contributed by atoms with Crippen LogP contribution in [0.15, 0.2) is 35.1 Å². The van der Waals surface area contributed by atoms with Gasteiger partial charge in [0.05, 0.1) is 11.4 Å². The zero-order valence-electron chi connectivity index (χ0n) is 10.1. The van der Waals surface area contributed by atoms with Gasteiger partial charge in [-0.15, -0.1) is 0 Å². The molecule has 3 aliphatic rings. The smallest absolute Gasteiger partial charge is 0.0865 e. The summed E-state index contributed by atoms with van der Waals surface area (Å²) in [6.07, 6.45) is 4.44. The van der Waals surface area contributed by atoms with Gasteiger partial charge in [-0.05, 0) is 30.5 Å². The molecule has 1 aromatic rings. The number of hydrogen-bond acceptors (Lipinski definition) is 3. The average Bonchev–Trinajstić information content (AvgIpc) is 2.42. The first-order valence-electron chi connectivity index (χ1n) is 6.29. The molecule has 1 aromatic carbocycles. The molecule has 3 heterocycles. The predicted molar refractivity (Wildman–Crippen MR) is 75.3 cm³/mol. The van der Waals surface area contributed by atoms with Gasteiger partial charge in [0.25, 0.3) is 0 Å². The summed E-state index contributed by atoms with van der Waals surface area (Å²) in [6.45, 7) is 2.19. The Morgan fingerprint density at radius 2 is 2.00 bits per heavy atom. The Bertz CT molecular complexity index is 514. The maximum Gasteiger partial charge on any atom is 0.0865 e. The lowest BCUT2D eigenvalue weighted by Crippen LogP contribution is -2.46. The van der Waals surface area contributed by atoms with E-state index in [1.165, 1.54) is 0 Å². The molecule has 0 radical (unpaired) electrons. The van der Waals surface area contributed by atoms with Crippen LogP contribution in [0.4, 0.5) is 0 Å². The van der Waals surface area contributed by atoms with Crippen LogP contribution in [-0.4, -0.2) is 23.7 Å². The van der Waals surface area contributed by atoms with Gasteiger partial charge in [0.1, 0.15) is 0 Å². The van der Waals surface area contributed by atoms with E-state index in [0.717, 1.165) is 47.9 Å². The lowest BCUT2D eigenvalue weighted by Gasteiger charge is -2.43. The van der Waals surface area contributed by atoms with E-state index >= 15 is 0 Å². The molecule has 0 unspecified atom stereocenters. The maximum atomic E-state index is 6.20. The number of nitrogens with zero attached hydrogens (tertiary/aromatic N) is 2. The molecular weight excluding hydrogens is 246 g/mol. The van der Waals surface area contributed by atoms with Crippen LogP contribution >= 0.6 is 11.6 Å². The van der Waals surface area contributed by atoms with Crippen molar-refractivity contribution in [3.8, 4) is 0 Å². The van der Waals surface area contributed by atoms with Crippen LogP contribution in [-0.2, 0) is 0 Å². The first kappa shape index (κ1) is 11.6. The summed E-state index contributed by atoms with van der Waals surface area (Å²) >= 11 is 6.20. The second kappa shape index (κ2) is 4.65. The molecule has 3 aliphatic heterocycles. The number of allylic oxidation sites excluding steroid dienone is 1. The number of halogens is 1. The second-order valence-corrected chi connectivity index (χ2v) is 5.23. The third kappa shape index (κ3) is 1.89. The van der Waals surface area contributed by atoms with Gasteiger partial charge in [-0.2, -0.15) is 5.10 Å². The van der Waals surface area contributed by atoms with Gasteiger partial charge in [-0.1, -0.05) is 29.8 Å². The summed E-state index contributed by atoms with van der Waals surface area (Å²) in [7, 11) is 0. The summed E-state index contributed by atoms with van der Waals surface area (Å²) < 4.78 is 0. The normalized spacial score (nSPS) is 24.2. The van der Waals surface area contributed by atoms with Crippen molar-refractivity contribution < 1.29 is 0 Å². The molecule has 3 nitrogen and oxygen atoms in total. The van der Waals surface area contributed by atoms with Crippen molar-refractivity contribution in [2.75, 3.05) is 13.1 Å². The lowest BCUT2D eigenvalue weighted by atomic mass is 9.83. The summed E-state index contributed by atoms with van der Waals surface area (Å²) in [4.78, 5) is 2.36. The number of fused-ring (bicyclic) bond motifs is 3. The molecule has 0 atom stereocenters. The monoisotopic (exact) mass is 261 g/mol. The highest BCUT2D eigenvalue weighted by Gasteiger charge is 2.34. The van der Waals surface area contributed by atoms with Gasteiger partial charge in [0.15, 0.2) is 0 Å². The molecule has 3 saturated heterocycles. The number of benzene rings is 1. The van der Waals surface area contributed by atoms with Crippen molar-refractivity contribution in [1.29, 1.82) is 0 Å². The van der Waals surface area contributed by atoms with Crippen LogP contribution in [0.1, 0.15) is 18.4 Å². The summed E-state index contributed by atoms with van der Waals surface area (Å²) in [5, 5.41) is 4.77. The van der Waals surface area contributed by atoms with Crippen molar-refractivity contribution in [3.63, 3.8) is 0 Å². The summed E-state index contributed by atoms with van der Waals surface area (Å²) in [5.41, 5.74) is 3.21. The molecule has 0 saturated carbocycles. The fourth-order valence-electron chi connectivity index (χ4n) is 2.84. The zero-order valence-corrected chi connectivity index (χ0v) is 10.9. The molecular formula is C14H16ClN3. The van der Waals surface area contributed by atoms with Gasteiger partial charge < -0.3 is 10.7 Å². The SMILES string of the molecule is N/N=C1\C(=C/c2ccccc2Cl)N2CCC1CC2. The van der Waals surface area contributed by atoms with Gasteiger partial charge >= 0.3 is 0 Å². The van der Waals surface area contributed by atoms with E-state index < -0.39 is 0 Å². The number of piperidine rings is 3. The minimum absolute atomic E-state index is 0.522. The Balaban J connectivity index is 2.02. The molecule has 0 amide bonds. The van der Waals surface area contributed by atoms with Crippen LogP contribution in [0.3, 0.4) is 0 Å². The molecule has 0 aliphatic carbocycles. The van der Waals surface area contributed by atoms with E-state index in [1.54, 1.807) is 0 Å². The minimum atomic E-state index is 0.522. The van der Waals surface area contributed by atoms with E-state index in [4.69, 9.17) is 17.4 Å². The van der Waals surface area contributed by atoms with E-state index in [-0.39, 0.29) is 0 Å². The topological polar surface area (TPSA) is 41.6 Å². The van der Waals surface area contributed by atoms with Crippen LogP contribution in [0.5, 0.6) is 0 Å². The van der Waals surface area contributed by atoms with Gasteiger partial charge in [-0.3, -0.25) is 0 Å². The molecule has 2 N–H and O–H groups in total. The van der Waals surface area contributed by atoms with E-state index in [1.807, 2.05) is 24.3 Å². The van der Waals surface area contributed by atoms with Gasteiger partial charge in [0, 0.05) is 24.0 Å². The van der Waals surface area contributed by atoms with Crippen molar-refractivity contribution in [3.05, 3.63) is 40.5 Å². The number of hydrazone groups is 1. The first-order valence-corrected chi connectivity index (χ1v) is 6.66. The number of nitrogens with two attached hydrogens (primary N) is 1. The molecule has 4 heteroatoms. The zero-order chi connectivity index (χ0) is 12.5. The van der Waals surface area contributed by atoms with E-state index in [0.29, 0.717) is 5.92 Å². The Morgan fingerprint density at radius 3 is 2.67 bits per heavy atom. The van der Waals surface area contributed by atoms with Gasteiger partial charge in [0.2, 0.25) is 0 Å². The first-order chi connectivity index (χ1) is 8.79.